The minimum atomic E-state index is -0.958. The lowest BCUT2D eigenvalue weighted by atomic mass is 10.2. The maximum absolute atomic E-state index is 11.9. The van der Waals surface area contributed by atoms with Crippen molar-refractivity contribution in [2.45, 2.75) is 19.4 Å². The molecular weight excluding hydrogens is 236 g/mol. The van der Waals surface area contributed by atoms with E-state index < -0.39 is 12.0 Å². The second-order valence-electron chi connectivity index (χ2n) is 3.92. The normalized spacial score (nSPS) is 12.3. The van der Waals surface area contributed by atoms with Crippen LogP contribution in [0.1, 0.15) is 23.7 Å². The predicted molar refractivity (Wildman–Crippen MR) is 62.2 cm³/mol. The molecule has 2 aromatic heterocycles. The van der Waals surface area contributed by atoms with Crippen LogP contribution >= 0.6 is 0 Å². The summed E-state index contributed by atoms with van der Waals surface area (Å²) in [5.41, 5.74) is 0.769. The van der Waals surface area contributed by atoms with Gasteiger partial charge in [-0.2, -0.15) is 5.10 Å². The molecule has 1 amide bonds. The van der Waals surface area contributed by atoms with Crippen molar-refractivity contribution in [1.82, 2.24) is 19.9 Å². The molecule has 0 saturated carbocycles. The second kappa shape index (κ2) is 4.82. The number of fused-ring (bicyclic) bond motifs is 1. The summed E-state index contributed by atoms with van der Waals surface area (Å²) < 4.78 is 1.48. The highest BCUT2D eigenvalue weighted by atomic mass is 16.4. The first kappa shape index (κ1) is 12.0. The number of carboxylic acid groups (broad SMARTS) is 1. The van der Waals surface area contributed by atoms with Crippen LogP contribution in [0.3, 0.4) is 0 Å². The third-order valence-electron chi connectivity index (χ3n) is 2.38. The van der Waals surface area contributed by atoms with Gasteiger partial charge in [-0.25, -0.2) is 9.50 Å². The third kappa shape index (κ3) is 2.45. The number of aromatic nitrogens is 3. The Morgan fingerprint density at radius 1 is 1.56 bits per heavy atom. The number of carbonyl (C=O) groups is 2. The Bertz CT molecular complexity index is 593. The quantitative estimate of drug-likeness (QED) is 0.812. The predicted octanol–water partition coefficient (Wildman–Crippen LogP) is 0.322. The standard InChI is InChI=1S/C11H12N4O3/c1-7(5-9(16)17)14-11(18)8-6-13-15-4-2-3-12-10(8)15/h2-4,6-7H,5H2,1H3,(H,14,18)(H,16,17). The van der Waals surface area contributed by atoms with E-state index >= 15 is 0 Å². The van der Waals surface area contributed by atoms with Crippen LogP contribution in [-0.2, 0) is 4.79 Å². The number of rotatable bonds is 4. The zero-order valence-electron chi connectivity index (χ0n) is 9.70. The third-order valence-corrected chi connectivity index (χ3v) is 2.38. The fourth-order valence-electron chi connectivity index (χ4n) is 1.60. The number of amides is 1. The Morgan fingerprint density at radius 2 is 2.33 bits per heavy atom. The number of nitrogens with one attached hydrogen (secondary N) is 1. The number of carboxylic acids is 1. The van der Waals surface area contributed by atoms with Crippen molar-refractivity contribution >= 4 is 17.5 Å². The first-order valence-corrected chi connectivity index (χ1v) is 5.39. The van der Waals surface area contributed by atoms with Crippen molar-refractivity contribution in [3.05, 3.63) is 30.2 Å². The van der Waals surface area contributed by atoms with Gasteiger partial charge in [0, 0.05) is 18.4 Å². The molecule has 0 spiro atoms. The van der Waals surface area contributed by atoms with Crippen LogP contribution in [0.15, 0.2) is 24.7 Å². The Hall–Kier alpha value is -2.44. The van der Waals surface area contributed by atoms with Gasteiger partial charge in [0.25, 0.3) is 5.91 Å². The van der Waals surface area contributed by atoms with Gasteiger partial charge in [0.1, 0.15) is 5.56 Å². The lowest BCUT2D eigenvalue weighted by Gasteiger charge is -2.10. The second-order valence-corrected chi connectivity index (χ2v) is 3.92. The monoisotopic (exact) mass is 248 g/mol. The molecule has 7 nitrogen and oxygen atoms in total. The molecule has 0 fully saturated rings. The van der Waals surface area contributed by atoms with Crippen LogP contribution in [0.4, 0.5) is 0 Å². The van der Waals surface area contributed by atoms with E-state index in [-0.39, 0.29) is 12.3 Å². The summed E-state index contributed by atoms with van der Waals surface area (Å²) in [7, 11) is 0. The molecule has 0 aliphatic heterocycles. The molecule has 0 aromatic carbocycles. The Kier molecular flexibility index (Phi) is 3.22. The zero-order valence-corrected chi connectivity index (χ0v) is 9.70. The maximum Gasteiger partial charge on any atom is 0.305 e. The fraction of sp³-hybridized carbons (Fsp3) is 0.273. The van der Waals surface area contributed by atoms with Crippen LogP contribution in [-0.4, -0.2) is 37.6 Å². The van der Waals surface area contributed by atoms with Crippen LogP contribution in [0.25, 0.3) is 5.65 Å². The Morgan fingerprint density at radius 3 is 3.06 bits per heavy atom. The molecule has 0 aliphatic carbocycles. The van der Waals surface area contributed by atoms with Gasteiger partial charge in [-0.3, -0.25) is 9.59 Å². The molecule has 0 bridgehead atoms. The summed E-state index contributed by atoms with van der Waals surface area (Å²) in [5.74, 6) is -1.33. The number of carbonyl (C=O) groups excluding carboxylic acids is 1. The van der Waals surface area contributed by atoms with Crippen LogP contribution in [0.5, 0.6) is 0 Å². The molecule has 94 valence electrons. The summed E-state index contributed by atoms with van der Waals surface area (Å²) in [4.78, 5) is 26.5. The average Bonchev–Trinajstić information content (AvgIpc) is 2.71. The fourth-order valence-corrected chi connectivity index (χ4v) is 1.60. The van der Waals surface area contributed by atoms with Crippen LogP contribution in [0.2, 0.25) is 0 Å². The van der Waals surface area contributed by atoms with E-state index in [4.69, 9.17) is 5.11 Å². The van der Waals surface area contributed by atoms with Gasteiger partial charge in [-0.05, 0) is 13.0 Å². The van der Waals surface area contributed by atoms with Crippen molar-refractivity contribution in [2.75, 3.05) is 0 Å². The number of nitrogens with zero attached hydrogens (tertiary/aromatic N) is 3. The molecule has 2 aromatic rings. The van der Waals surface area contributed by atoms with E-state index in [1.807, 2.05) is 0 Å². The molecule has 2 heterocycles. The molecular formula is C11H12N4O3. The smallest absolute Gasteiger partial charge is 0.305 e. The van der Waals surface area contributed by atoms with Crippen molar-refractivity contribution in [1.29, 1.82) is 0 Å². The minimum Gasteiger partial charge on any atom is -0.481 e. The maximum atomic E-state index is 11.9. The molecule has 2 N–H and O–H groups in total. The SMILES string of the molecule is CC(CC(=O)O)NC(=O)c1cnn2cccnc12. The van der Waals surface area contributed by atoms with Crippen molar-refractivity contribution in [3.63, 3.8) is 0 Å². The Balaban J connectivity index is 2.16. The van der Waals surface area contributed by atoms with Gasteiger partial charge in [0.15, 0.2) is 5.65 Å². The van der Waals surface area contributed by atoms with Crippen molar-refractivity contribution < 1.29 is 14.7 Å². The van der Waals surface area contributed by atoms with Crippen molar-refractivity contribution in [3.8, 4) is 0 Å². The molecule has 7 heteroatoms. The largest absolute Gasteiger partial charge is 0.481 e. The first-order chi connectivity index (χ1) is 8.58. The minimum absolute atomic E-state index is 0.127. The van der Waals surface area contributed by atoms with Gasteiger partial charge in [0.2, 0.25) is 0 Å². The highest BCUT2D eigenvalue weighted by Gasteiger charge is 2.16. The lowest BCUT2D eigenvalue weighted by Crippen LogP contribution is -2.34. The van der Waals surface area contributed by atoms with Crippen LogP contribution in [0, 0.1) is 0 Å². The summed E-state index contributed by atoms with van der Waals surface area (Å²) in [6, 6.07) is 1.25. The van der Waals surface area contributed by atoms with E-state index in [0.29, 0.717) is 11.2 Å². The molecule has 0 radical (unpaired) electrons. The van der Waals surface area contributed by atoms with E-state index in [0.717, 1.165) is 0 Å². The van der Waals surface area contributed by atoms with Gasteiger partial charge in [-0.15, -0.1) is 0 Å². The van der Waals surface area contributed by atoms with E-state index in [1.54, 1.807) is 25.4 Å². The zero-order chi connectivity index (χ0) is 13.1. The number of aliphatic carboxylic acids is 1. The van der Waals surface area contributed by atoms with E-state index in [2.05, 4.69) is 15.4 Å². The average molecular weight is 248 g/mol. The topological polar surface area (TPSA) is 96.6 Å². The number of hydrogen-bond donors (Lipinski definition) is 2. The molecule has 0 saturated heterocycles. The van der Waals surface area contributed by atoms with E-state index in [9.17, 15) is 9.59 Å². The molecule has 18 heavy (non-hydrogen) atoms. The molecule has 0 aliphatic rings. The summed E-state index contributed by atoms with van der Waals surface area (Å²) in [6.07, 6.45) is 4.53. The van der Waals surface area contributed by atoms with Gasteiger partial charge < -0.3 is 10.4 Å². The van der Waals surface area contributed by atoms with Gasteiger partial charge in [0.05, 0.1) is 12.6 Å². The summed E-state index contributed by atoms with van der Waals surface area (Å²) in [5, 5.41) is 15.2. The lowest BCUT2D eigenvalue weighted by molar-refractivity contribution is -0.137. The van der Waals surface area contributed by atoms with Gasteiger partial charge in [-0.1, -0.05) is 0 Å². The van der Waals surface area contributed by atoms with Crippen LogP contribution < -0.4 is 5.32 Å². The highest BCUT2D eigenvalue weighted by Crippen LogP contribution is 2.07. The molecule has 2 rings (SSSR count). The molecule has 1 unspecified atom stereocenters. The summed E-state index contributed by atoms with van der Waals surface area (Å²) >= 11 is 0. The highest BCUT2D eigenvalue weighted by molar-refractivity contribution is 5.99. The first-order valence-electron chi connectivity index (χ1n) is 5.39. The Labute approximate surface area is 102 Å². The van der Waals surface area contributed by atoms with Gasteiger partial charge >= 0.3 is 5.97 Å². The molecule has 1 atom stereocenters. The number of hydrogen-bond acceptors (Lipinski definition) is 4. The van der Waals surface area contributed by atoms with Crippen molar-refractivity contribution in [2.24, 2.45) is 0 Å². The van der Waals surface area contributed by atoms with E-state index in [1.165, 1.54) is 10.7 Å². The summed E-state index contributed by atoms with van der Waals surface area (Å²) in [6.45, 7) is 1.63.